The number of benzene rings is 1. The van der Waals surface area contributed by atoms with E-state index in [-0.39, 0.29) is 28.9 Å². The van der Waals surface area contributed by atoms with E-state index in [0.717, 1.165) is 12.8 Å². The Balaban J connectivity index is 0.00000180. The molecule has 1 aromatic carbocycles. The fourth-order valence-electron chi connectivity index (χ4n) is 2.05. The van der Waals surface area contributed by atoms with Crippen LogP contribution in [0.25, 0.3) is 0 Å². The second-order valence-electron chi connectivity index (χ2n) is 4.95. The number of carbonyl (C=O) groups excluding carboxylic acids is 1. The summed E-state index contributed by atoms with van der Waals surface area (Å²) in [6.45, 7) is 2.39. The van der Waals surface area contributed by atoms with Gasteiger partial charge in [0.1, 0.15) is 0 Å². The van der Waals surface area contributed by atoms with Gasteiger partial charge in [-0.05, 0) is 37.8 Å². The van der Waals surface area contributed by atoms with Crippen molar-refractivity contribution in [3.05, 3.63) is 33.8 Å². The van der Waals surface area contributed by atoms with E-state index in [0.29, 0.717) is 23.0 Å². The van der Waals surface area contributed by atoms with Crippen molar-refractivity contribution >= 4 is 41.5 Å². The van der Waals surface area contributed by atoms with E-state index in [1.165, 1.54) is 0 Å². The van der Waals surface area contributed by atoms with Crippen molar-refractivity contribution in [3.63, 3.8) is 0 Å². The summed E-state index contributed by atoms with van der Waals surface area (Å²) in [5, 5.41) is 3.65. The van der Waals surface area contributed by atoms with E-state index in [2.05, 4.69) is 5.32 Å². The van der Waals surface area contributed by atoms with Crippen molar-refractivity contribution < 1.29 is 4.79 Å². The lowest BCUT2D eigenvalue weighted by Gasteiger charge is -2.29. The van der Waals surface area contributed by atoms with E-state index in [1.54, 1.807) is 18.2 Å². The Morgan fingerprint density at radius 2 is 2.11 bits per heavy atom. The van der Waals surface area contributed by atoms with Crippen LogP contribution in [-0.4, -0.2) is 18.0 Å². The van der Waals surface area contributed by atoms with Gasteiger partial charge in [-0.2, -0.15) is 0 Å². The average Bonchev–Trinajstić information content (AvgIpc) is 3.16. The van der Waals surface area contributed by atoms with Crippen molar-refractivity contribution in [1.29, 1.82) is 0 Å². The molecule has 3 nitrogen and oxygen atoms in total. The highest BCUT2D eigenvalue weighted by Crippen LogP contribution is 2.39. The molecule has 0 heterocycles. The van der Waals surface area contributed by atoms with Crippen molar-refractivity contribution in [1.82, 2.24) is 5.32 Å². The SMILES string of the molecule is CC(CN)(NC(=O)c1cccc(Cl)c1Cl)C1CC1.Cl. The number of carbonyl (C=O) groups is 1. The summed E-state index contributed by atoms with van der Waals surface area (Å²) in [7, 11) is 0. The molecule has 1 aliphatic carbocycles. The van der Waals surface area contributed by atoms with E-state index in [1.807, 2.05) is 6.92 Å². The van der Waals surface area contributed by atoms with Gasteiger partial charge in [0.2, 0.25) is 0 Å². The zero-order chi connectivity index (χ0) is 13.3. The molecule has 106 valence electrons. The van der Waals surface area contributed by atoms with Crippen molar-refractivity contribution in [3.8, 4) is 0 Å². The average molecular weight is 324 g/mol. The lowest BCUT2D eigenvalue weighted by molar-refractivity contribution is 0.0898. The third-order valence-electron chi connectivity index (χ3n) is 3.50. The highest BCUT2D eigenvalue weighted by Gasteiger charge is 2.41. The smallest absolute Gasteiger partial charge is 0.253 e. The number of amides is 1. The van der Waals surface area contributed by atoms with Gasteiger partial charge in [0.15, 0.2) is 0 Å². The predicted octanol–water partition coefficient (Wildman–Crippen LogP) is 3.27. The molecule has 1 amide bonds. The zero-order valence-electron chi connectivity index (χ0n) is 10.6. The van der Waals surface area contributed by atoms with Crippen LogP contribution >= 0.6 is 35.6 Å². The van der Waals surface area contributed by atoms with Crippen LogP contribution in [0, 0.1) is 5.92 Å². The second kappa shape index (κ2) is 6.31. The standard InChI is InChI=1S/C13H16Cl2N2O.ClH/c1-13(7-16,8-5-6-8)17-12(18)9-3-2-4-10(14)11(9)15;/h2-4,8H,5-7,16H2,1H3,(H,17,18);1H. The van der Waals surface area contributed by atoms with Crippen LogP contribution in [-0.2, 0) is 0 Å². The maximum Gasteiger partial charge on any atom is 0.253 e. The molecule has 2 rings (SSSR count). The summed E-state index contributed by atoms with van der Waals surface area (Å²) in [6, 6.07) is 5.02. The maximum atomic E-state index is 12.2. The summed E-state index contributed by atoms with van der Waals surface area (Å²) in [4.78, 5) is 12.2. The first-order valence-electron chi connectivity index (χ1n) is 5.94. The molecular formula is C13H17Cl3N2O. The number of nitrogens with one attached hydrogen (secondary N) is 1. The Labute approximate surface area is 129 Å². The molecule has 1 unspecified atom stereocenters. The first kappa shape index (κ1) is 16.6. The first-order valence-corrected chi connectivity index (χ1v) is 6.70. The zero-order valence-corrected chi connectivity index (χ0v) is 12.9. The van der Waals surface area contributed by atoms with Gasteiger partial charge in [-0.1, -0.05) is 29.3 Å². The number of rotatable bonds is 4. The lowest BCUT2D eigenvalue weighted by Crippen LogP contribution is -2.53. The summed E-state index contributed by atoms with van der Waals surface area (Å²) in [5.74, 6) is 0.242. The summed E-state index contributed by atoms with van der Waals surface area (Å²) >= 11 is 11.9. The normalized spacial score (nSPS) is 17.3. The molecule has 1 atom stereocenters. The number of nitrogens with two attached hydrogens (primary N) is 1. The molecule has 1 aliphatic rings. The summed E-state index contributed by atoms with van der Waals surface area (Å²) < 4.78 is 0. The molecule has 0 spiro atoms. The van der Waals surface area contributed by atoms with E-state index in [9.17, 15) is 4.79 Å². The molecule has 1 saturated carbocycles. The number of halogens is 3. The Bertz CT molecular complexity index is 477. The van der Waals surface area contributed by atoms with Crippen LogP contribution < -0.4 is 11.1 Å². The Morgan fingerprint density at radius 1 is 1.47 bits per heavy atom. The van der Waals surface area contributed by atoms with Crippen LogP contribution in [0.1, 0.15) is 30.1 Å². The molecule has 0 aliphatic heterocycles. The van der Waals surface area contributed by atoms with Crippen LogP contribution in [0.2, 0.25) is 10.0 Å². The van der Waals surface area contributed by atoms with Gasteiger partial charge in [-0.3, -0.25) is 4.79 Å². The Hall–Kier alpha value is -0.480. The summed E-state index contributed by atoms with van der Waals surface area (Å²) in [6.07, 6.45) is 2.22. The molecule has 0 aromatic heterocycles. The molecule has 19 heavy (non-hydrogen) atoms. The van der Waals surface area contributed by atoms with Crippen LogP contribution in [0.3, 0.4) is 0 Å². The fourth-order valence-corrected chi connectivity index (χ4v) is 2.43. The molecule has 3 N–H and O–H groups in total. The number of hydrogen-bond acceptors (Lipinski definition) is 2. The molecule has 0 saturated heterocycles. The highest BCUT2D eigenvalue weighted by atomic mass is 35.5. The summed E-state index contributed by atoms with van der Waals surface area (Å²) in [5.41, 5.74) is 5.80. The Kier molecular flexibility index (Phi) is 5.51. The lowest BCUT2D eigenvalue weighted by atomic mass is 9.95. The highest BCUT2D eigenvalue weighted by molar-refractivity contribution is 6.43. The van der Waals surface area contributed by atoms with Crippen LogP contribution in [0.5, 0.6) is 0 Å². The molecular weight excluding hydrogens is 307 g/mol. The van der Waals surface area contributed by atoms with E-state index >= 15 is 0 Å². The third kappa shape index (κ3) is 3.54. The van der Waals surface area contributed by atoms with Gasteiger partial charge in [0, 0.05) is 6.54 Å². The van der Waals surface area contributed by atoms with E-state index in [4.69, 9.17) is 28.9 Å². The van der Waals surface area contributed by atoms with Gasteiger partial charge < -0.3 is 11.1 Å². The fraction of sp³-hybridized carbons (Fsp3) is 0.462. The minimum absolute atomic E-state index is 0. The predicted molar refractivity (Wildman–Crippen MR) is 81.4 cm³/mol. The number of hydrogen-bond donors (Lipinski definition) is 2. The topological polar surface area (TPSA) is 55.1 Å². The molecule has 6 heteroatoms. The van der Waals surface area contributed by atoms with Gasteiger partial charge >= 0.3 is 0 Å². The monoisotopic (exact) mass is 322 g/mol. The van der Waals surface area contributed by atoms with Crippen molar-refractivity contribution in [2.24, 2.45) is 11.7 Å². The second-order valence-corrected chi connectivity index (χ2v) is 5.74. The first-order chi connectivity index (χ1) is 8.48. The molecule has 0 bridgehead atoms. The van der Waals surface area contributed by atoms with Crippen molar-refractivity contribution in [2.45, 2.75) is 25.3 Å². The van der Waals surface area contributed by atoms with Crippen LogP contribution in [0.4, 0.5) is 0 Å². The minimum Gasteiger partial charge on any atom is -0.345 e. The molecule has 1 aromatic rings. The van der Waals surface area contributed by atoms with Gasteiger partial charge in [0.05, 0.1) is 21.1 Å². The third-order valence-corrected chi connectivity index (χ3v) is 4.32. The van der Waals surface area contributed by atoms with Gasteiger partial charge in [-0.15, -0.1) is 12.4 Å². The van der Waals surface area contributed by atoms with Gasteiger partial charge in [0.25, 0.3) is 5.91 Å². The largest absolute Gasteiger partial charge is 0.345 e. The Morgan fingerprint density at radius 3 is 2.63 bits per heavy atom. The van der Waals surface area contributed by atoms with Crippen molar-refractivity contribution in [2.75, 3.05) is 6.54 Å². The minimum atomic E-state index is -0.358. The quantitative estimate of drug-likeness (QED) is 0.893. The molecule has 0 radical (unpaired) electrons. The maximum absolute atomic E-state index is 12.2. The van der Waals surface area contributed by atoms with Gasteiger partial charge in [-0.25, -0.2) is 0 Å². The van der Waals surface area contributed by atoms with E-state index < -0.39 is 0 Å². The van der Waals surface area contributed by atoms with Crippen LogP contribution in [0.15, 0.2) is 18.2 Å². The molecule has 1 fully saturated rings.